The summed E-state index contributed by atoms with van der Waals surface area (Å²) in [5.41, 5.74) is 3.14. The van der Waals surface area contributed by atoms with E-state index in [2.05, 4.69) is 4.98 Å². The Bertz CT molecular complexity index is 1190. The summed E-state index contributed by atoms with van der Waals surface area (Å²) in [6.45, 7) is 10.8. The van der Waals surface area contributed by atoms with Gasteiger partial charge in [0.1, 0.15) is 5.60 Å². The standard InChI is InChI=1S/C26H32N4O4/c1-6-33-24(31)21-16-20(18-12-14-29(15-13-18)25(32)34-26(3,4)5)22-17(2)28-30(23(22)27-21)19-10-8-7-9-11-19/h7-11,16,18H,6,12-15H2,1-5H3. The van der Waals surface area contributed by atoms with Crippen molar-refractivity contribution in [1.29, 1.82) is 0 Å². The number of ether oxygens (including phenoxy) is 2. The summed E-state index contributed by atoms with van der Waals surface area (Å²) in [4.78, 5) is 31.6. The lowest BCUT2D eigenvalue weighted by molar-refractivity contribution is 0.0205. The fraction of sp³-hybridized carbons (Fsp3) is 0.462. The van der Waals surface area contributed by atoms with Crippen molar-refractivity contribution in [3.05, 3.63) is 53.3 Å². The minimum Gasteiger partial charge on any atom is -0.461 e. The van der Waals surface area contributed by atoms with Gasteiger partial charge < -0.3 is 14.4 Å². The molecule has 1 saturated heterocycles. The van der Waals surface area contributed by atoms with Gasteiger partial charge in [-0.05, 0) is 77.1 Å². The molecule has 0 spiro atoms. The Morgan fingerprint density at radius 1 is 1.12 bits per heavy atom. The first kappa shape index (κ1) is 23.7. The summed E-state index contributed by atoms with van der Waals surface area (Å²) in [7, 11) is 0. The molecule has 34 heavy (non-hydrogen) atoms. The van der Waals surface area contributed by atoms with Crippen molar-refractivity contribution in [2.24, 2.45) is 0 Å². The molecular weight excluding hydrogens is 432 g/mol. The first-order valence-electron chi connectivity index (χ1n) is 11.8. The van der Waals surface area contributed by atoms with E-state index in [1.807, 2.05) is 64.1 Å². The van der Waals surface area contributed by atoms with Gasteiger partial charge in [0.15, 0.2) is 11.3 Å². The van der Waals surface area contributed by atoms with Crippen LogP contribution in [0.3, 0.4) is 0 Å². The van der Waals surface area contributed by atoms with Crippen molar-refractivity contribution < 1.29 is 19.1 Å². The highest BCUT2D eigenvalue weighted by atomic mass is 16.6. The van der Waals surface area contributed by atoms with Crippen LogP contribution in [0.5, 0.6) is 0 Å². The lowest BCUT2D eigenvalue weighted by atomic mass is 9.87. The number of hydrogen-bond acceptors (Lipinski definition) is 6. The molecule has 0 bridgehead atoms. The third-order valence-corrected chi connectivity index (χ3v) is 5.92. The number of piperidine rings is 1. The third kappa shape index (κ3) is 4.90. The van der Waals surface area contributed by atoms with Crippen LogP contribution < -0.4 is 0 Å². The minimum atomic E-state index is -0.525. The van der Waals surface area contributed by atoms with Crippen LogP contribution in [0.4, 0.5) is 4.79 Å². The van der Waals surface area contributed by atoms with E-state index in [-0.39, 0.29) is 24.3 Å². The molecule has 2 aromatic heterocycles. The Kier molecular flexibility index (Phi) is 6.59. The predicted octanol–water partition coefficient (Wildman–Crippen LogP) is 5.02. The molecule has 180 valence electrons. The molecule has 0 atom stereocenters. The topological polar surface area (TPSA) is 86.5 Å². The Morgan fingerprint density at radius 3 is 2.41 bits per heavy atom. The van der Waals surface area contributed by atoms with Crippen LogP contribution in [0.1, 0.15) is 68.2 Å². The van der Waals surface area contributed by atoms with Gasteiger partial charge in [0.2, 0.25) is 0 Å². The highest BCUT2D eigenvalue weighted by Gasteiger charge is 2.30. The average Bonchev–Trinajstić information content (AvgIpc) is 3.15. The number of carbonyl (C=O) groups is 2. The zero-order valence-corrected chi connectivity index (χ0v) is 20.5. The Morgan fingerprint density at radius 2 is 1.79 bits per heavy atom. The van der Waals surface area contributed by atoms with Gasteiger partial charge in [-0.15, -0.1) is 0 Å². The second kappa shape index (κ2) is 9.44. The van der Waals surface area contributed by atoms with Gasteiger partial charge in [0.25, 0.3) is 0 Å². The summed E-state index contributed by atoms with van der Waals surface area (Å²) < 4.78 is 12.6. The van der Waals surface area contributed by atoms with Gasteiger partial charge in [-0.3, -0.25) is 0 Å². The monoisotopic (exact) mass is 464 g/mol. The number of rotatable bonds is 4. The second-order valence-electron chi connectivity index (χ2n) is 9.59. The van der Waals surface area contributed by atoms with Gasteiger partial charge in [-0.25, -0.2) is 19.3 Å². The number of hydrogen-bond donors (Lipinski definition) is 0. The number of para-hydroxylation sites is 1. The van der Waals surface area contributed by atoms with E-state index in [0.29, 0.717) is 18.7 Å². The van der Waals surface area contributed by atoms with E-state index in [9.17, 15) is 9.59 Å². The fourth-order valence-electron chi connectivity index (χ4n) is 4.40. The highest BCUT2D eigenvalue weighted by Crippen LogP contribution is 2.36. The summed E-state index contributed by atoms with van der Waals surface area (Å²) in [5.74, 6) is -0.292. The molecule has 0 aliphatic carbocycles. The van der Waals surface area contributed by atoms with Crippen LogP contribution in [0.15, 0.2) is 36.4 Å². The number of likely N-dealkylation sites (tertiary alicyclic amines) is 1. The molecule has 0 N–H and O–H groups in total. The number of pyridine rings is 1. The lowest BCUT2D eigenvalue weighted by Crippen LogP contribution is -2.41. The molecular formula is C26H32N4O4. The summed E-state index contributed by atoms with van der Waals surface area (Å²) >= 11 is 0. The van der Waals surface area contributed by atoms with Crippen molar-refractivity contribution in [2.75, 3.05) is 19.7 Å². The fourth-order valence-corrected chi connectivity index (χ4v) is 4.40. The first-order chi connectivity index (χ1) is 16.2. The van der Waals surface area contributed by atoms with Crippen molar-refractivity contribution in [3.63, 3.8) is 0 Å². The van der Waals surface area contributed by atoms with Gasteiger partial charge >= 0.3 is 12.1 Å². The van der Waals surface area contributed by atoms with E-state index >= 15 is 0 Å². The van der Waals surface area contributed by atoms with Crippen molar-refractivity contribution >= 4 is 23.1 Å². The first-order valence-corrected chi connectivity index (χ1v) is 11.8. The molecule has 0 unspecified atom stereocenters. The molecule has 3 heterocycles. The molecule has 0 radical (unpaired) electrons. The number of nitrogens with zero attached hydrogens (tertiary/aromatic N) is 4. The second-order valence-corrected chi connectivity index (χ2v) is 9.59. The van der Waals surface area contributed by atoms with Crippen molar-refractivity contribution in [2.45, 2.75) is 59.0 Å². The maximum Gasteiger partial charge on any atom is 0.410 e. The number of aryl methyl sites for hydroxylation is 1. The highest BCUT2D eigenvalue weighted by molar-refractivity contribution is 5.93. The quantitative estimate of drug-likeness (QED) is 0.504. The number of benzene rings is 1. The number of fused-ring (bicyclic) bond motifs is 1. The predicted molar refractivity (Wildman–Crippen MR) is 129 cm³/mol. The Balaban J connectivity index is 1.72. The maximum atomic E-state index is 12.7. The SMILES string of the molecule is CCOC(=O)c1cc(C2CCN(C(=O)OC(C)(C)C)CC2)c2c(C)nn(-c3ccccc3)c2n1. The van der Waals surface area contributed by atoms with Crippen molar-refractivity contribution in [1.82, 2.24) is 19.7 Å². The van der Waals surface area contributed by atoms with E-state index in [1.54, 1.807) is 16.5 Å². The van der Waals surface area contributed by atoms with Gasteiger partial charge in [-0.2, -0.15) is 5.10 Å². The molecule has 8 heteroatoms. The molecule has 1 aliphatic heterocycles. The lowest BCUT2D eigenvalue weighted by Gasteiger charge is -2.33. The molecule has 4 rings (SSSR count). The molecule has 1 aliphatic rings. The summed E-state index contributed by atoms with van der Waals surface area (Å²) in [6.07, 6.45) is 1.23. The smallest absolute Gasteiger partial charge is 0.410 e. The Labute approximate surface area is 199 Å². The number of aromatic nitrogens is 3. The van der Waals surface area contributed by atoms with Crippen LogP contribution in [0, 0.1) is 6.92 Å². The van der Waals surface area contributed by atoms with E-state index in [4.69, 9.17) is 14.6 Å². The molecule has 1 aromatic carbocycles. The number of carbonyl (C=O) groups excluding carboxylic acids is 2. The molecule has 0 saturated carbocycles. The van der Waals surface area contributed by atoms with E-state index in [1.165, 1.54) is 0 Å². The maximum absolute atomic E-state index is 12.7. The van der Waals surface area contributed by atoms with E-state index in [0.717, 1.165) is 35.2 Å². The molecule has 3 aromatic rings. The van der Waals surface area contributed by atoms with Crippen molar-refractivity contribution in [3.8, 4) is 5.69 Å². The summed E-state index contributed by atoms with van der Waals surface area (Å²) in [5, 5.41) is 5.71. The van der Waals surface area contributed by atoms with Gasteiger partial charge in [-0.1, -0.05) is 18.2 Å². The van der Waals surface area contributed by atoms with Crippen LogP contribution >= 0.6 is 0 Å². The average molecular weight is 465 g/mol. The van der Waals surface area contributed by atoms with Crippen LogP contribution in [-0.4, -0.2) is 57.0 Å². The van der Waals surface area contributed by atoms with Crippen LogP contribution in [-0.2, 0) is 9.47 Å². The normalized spacial score (nSPS) is 14.9. The van der Waals surface area contributed by atoms with Crippen LogP contribution in [0.2, 0.25) is 0 Å². The number of amides is 1. The van der Waals surface area contributed by atoms with Gasteiger partial charge in [0, 0.05) is 18.5 Å². The van der Waals surface area contributed by atoms with Gasteiger partial charge in [0.05, 0.1) is 18.0 Å². The number of esters is 1. The molecule has 1 fully saturated rings. The zero-order chi connectivity index (χ0) is 24.5. The zero-order valence-electron chi connectivity index (χ0n) is 20.5. The largest absolute Gasteiger partial charge is 0.461 e. The molecule has 8 nitrogen and oxygen atoms in total. The van der Waals surface area contributed by atoms with E-state index < -0.39 is 11.6 Å². The van der Waals surface area contributed by atoms with Crippen LogP contribution in [0.25, 0.3) is 16.7 Å². The minimum absolute atomic E-state index is 0.157. The summed E-state index contributed by atoms with van der Waals surface area (Å²) in [6, 6.07) is 11.6. The Hall–Kier alpha value is -3.42. The molecule has 1 amide bonds. The third-order valence-electron chi connectivity index (χ3n) is 5.92.